The number of amides is 1. The number of nitrogens with two attached hydrogens (primary N) is 1. The summed E-state index contributed by atoms with van der Waals surface area (Å²) in [6, 6.07) is 10.3. The van der Waals surface area contributed by atoms with Gasteiger partial charge in [0.2, 0.25) is 0 Å². The molecular weight excluding hydrogens is 247 g/mol. The number of nitrogens with one attached hydrogen (secondary N) is 1. The van der Waals surface area contributed by atoms with Crippen molar-refractivity contribution in [1.29, 1.82) is 0 Å². The monoisotopic (exact) mass is 260 g/mol. The van der Waals surface area contributed by atoms with Gasteiger partial charge in [0, 0.05) is 17.8 Å². The zero-order chi connectivity index (χ0) is 13.8. The van der Waals surface area contributed by atoms with Crippen LogP contribution in [0.25, 0.3) is 0 Å². The summed E-state index contributed by atoms with van der Waals surface area (Å²) in [4.78, 5) is 11.9. The SMILES string of the molecule is Nc1ccc(F)cc1C(=O)NCc1ccccc1O. The molecule has 0 saturated carbocycles. The van der Waals surface area contributed by atoms with Crippen LogP contribution in [-0.2, 0) is 6.54 Å². The van der Waals surface area contributed by atoms with Gasteiger partial charge in [-0.15, -0.1) is 0 Å². The van der Waals surface area contributed by atoms with E-state index in [4.69, 9.17) is 5.73 Å². The largest absolute Gasteiger partial charge is 0.508 e. The van der Waals surface area contributed by atoms with E-state index in [1.54, 1.807) is 18.2 Å². The van der Waals surface area contributed by atoms with Crippen LogP contribution in [0.4, 0.5) is 10.1 Å². The fourth-order valence-electron chi connectivity index (χ4n) is 1.66. The van der Waals surface area contributed by atoms with E-state index < -0.39 is 11.7 Å². The molecule has 0 atom stereocenters. The lowest BCUT2D eigenvalue weighted by Crippen LogP contribution is -2.24. The summed E-state index contributed by atoms with van der Waals surface area (Å²) in [5, 5.41) is 12.1. The molecule has 5 heteroatoms. The van der Waals surface area contributed by atoms with Crippen molar-refractivity contribution in [3.8, 4) is 5.75 Å². The number of halogens is 1. The number of carbonyl (C=O) groups excluding carboxylic acids is 1. The van der Waals surface area contributed by atoms with Crippen LogP contribution in [0.2, 0.25) is 0 Å². The van der Waals surface area contributed by atoms with Crippen molar-refractivity contribution in [2.75, 3.05) is 5.73 Å². The molecular formula is C14H13FN2O2. The van der Waals surface area contributed by atoms with Crippen molar-refractivity contribution >= 4 is 11.6 Å². The van der Waals surface area contributed by atoms with Gasteiger partial charge in [0.05, 0.1) is 5.56 Å². The smallest absolute Gasteiger partial charge is 0.253 e. The Morgan fingerprint density at radius 2 is 2.00 bits per heavy atom. The first kappa shape index (κ1) is 12.9. The van der Waals surface area contributed by atoms with Crippen molar-refractivity contribution in [1.82, 2.24) is 5.32 Å². The zero-order valence-corrected chi connectivity index (χ0v) is 10.1. The van der Waals surface area contributed by atoms with E-state index in [0.29, 0.717) is 5.56 Å². The van der Waals surface area contributed by atoms with E-state index in [2.05, 4.69) is 5.32 Å². The van der Waals surface area contributed by atoms with Gasteiger partial charge < -0.3 is 16.2 Å². The van der Waals surface area contributed by atoms with Crippen LogP contribution in [0.5, 0.6) is 5.75 Å². The Hall–Kier alpha value is -2.56. The maximum atomic E-state index is 13.1. The average molecular weight is 260 g/mol. The standard InChI is InChI=1S/C14H13FN2O2/c15-10-5-6-12(16)11(7-10)14(19)17-8-9-3-1-2-4-13(9)18/h1-7,18H,8,16H2,(H,17,19). The second-order valence-electron chi connectivity index (χ2n) is 4.04. The number of aromatic hydroxyl groups is 1. The summed E-state index contributed by atoms with van der Waals surface area (Å²) in [6.45, 7) is 0.140. The zero-order valence-electron chi connectivity index (χ0n) is 10.1. The minimum absolute atomic E-state index is 0.0791. The van der Waals surface area contributed by atoms with Gasteiger partial charge in [-0.3, -0.25) is 4.79 Å². The lowest BCUT2D eigenvalue weighted by Gasteiger charge is -2.08. The molecule has 0 saturated heterocycles. The van der Waals surface area contributed by atoms with E-state index in [0.717, 1.165) is 6.07 Å². The van der Waals surface area contributed by atoms with Gasteiger partial charge in [0.1, 0.15) is 11.6 Å². The predicted octanol–water partition coefficient (Wildman–Crippen LogP) is 2.04. The summed E-state index contributed by atoms with van der Waals surface area (Å²) in [7, 11) is 0. The Labute approximate surface area is 109 Å². The Morgan fingerprint density at radius 1 is 1.26 bits per heavy atom. The molecule has 0 bridgehead atoms. The fraction of sp³-hybridized carbons (Fsp3) is 0.0714. The number of hydrogen-bond acceptors (Lipinski definition) is 3. The van der Waals surface area contributed by atoms with Crippen LogP contribution in [0, 0.1) is 5.82 Å². The second-order valence-corrected chi connectivity index (χ2v) is 4.04. The molecule has 1 amide bonds. The van der Waals surface area contributed by atoms with E-state index in [1.165, 1.54) is 18.2 Å². The number of phenolic OH excluding ortho intramolecular Hbond substituents is 1. The molecule has 98 valence electrons. The van der Waals surface area contributed by atoms with Crippen LogP contribution in [0.1, 0.15) is 15.9 Å². The number of phenols is 1. The molecule has 2 aromatic carbocycles. The van der Waals surface area contributed by atoms with Gasteiger partial charge >= 0.3 is 0 Å². The van der Waals surface area contributed by atoms with Crippen LogP contribution in [-0.4, -0.2) is 11.0 Å². The minimum atomic E-state index is -0.526. The molecule has 2 rings (SSSR count). The minimum Gasteiger partial charge on any atom is -0.508 e. The maximum absolute atomic E-state index is 13.1. The highest BCUT2D eigenvalue weighted by Gasteiger charge is 2.11. The Bertz CT molecular complexity index is 614. The summed E-state index contributed by atoms with van der Waals surface area (Å²) in [6.07, 6.45) is 0. The number of carbonyl (C=O) groups is 1. The van der Waals surface area contributed by atoms with Crippen molar-refractivity contribution in [2.45, 2.75) is 6.54 Å². The number of hydrogen-bond donors (Lipinski definition) is 3. The molecule has 4 nitrogen and oxygen atoms in total. The van der Waals surface area contributed by atoms with Gasteiger partial charge in [0.15, 0.2) is 0 Å². The molecule has 0 aliphatic carbocycles. The first-order valence-electron chi connectivity index (χ1n) is 5.68. The molecule has 0 spiro atoms. The first-order chi connectivity index (χ1) is 9.08. The third kappa shape index (κ3) is 3.01. The molecule has 4 N–H and O–H groups in total. The highest BCUT2D eigenvalue weighted by molar-refractivity contribution is 5.99. The van der Waals surface area contributed by atoms with Gasteiger partial charge in [0.25, 0.3) is 5.91 Å². The number of nitrogen functional groups attached to an aromatic ring is 1. The van der Waals surface area contributed by atoms with Gasteiger partial charge in [-0.25, -0.2) is 4.39 Å². The number of benzene rings is 2. The maximum Gasteiger partial charge on any atom is 0.253 e. The lowest BCUT2D eigenvalue weighted by molar-refractivity contribution is 0.0951. The second kappa shape index (κ2) is 5.39. The molecule has 0 radical (unpaired) electrons. The molecule has 0 aromatic heterocycles. The van der Waals surface area contributed by atoms with Gasteiger partial charge in [-0.2, -0.15) is 0 Å². The Balaban J connectivity index is 2.10. The molecule has 0 fully saturated rings. The first-order valence-corrected chi connectivity index (χ1v) is 5.68. The van der Waals surface area contributed by atoms with Crippen molar-refractivity contribution in [3.05, 3.63) is 59.4 Å². The number of para-hydroxylation sites is 1. The van der Waals surface area contributed by atoms with Crippen LogP contribution >= 0.6 is 0 Å². The Morgan fingerprint density at radius 3 is 2.74 bits per heavy atom. The molecule has 2 aromatic rings. The fourth-order valence-corrected chi connectivity index (χ4v) is 1.66. The number of rotatable bonds is 3. The van der Waals surface area contributed by atoms with E-state index in [1.807, 2.05) is 0 Å². The topological polar surface area (TPSA) is 75.4 Å². The molecule has 0 heterocycles. The molecule has 0 unspecified atom stereocenters. The number of anilines is 1. The van der Waals surface area contributed by atoms with E-state index in [-0.39, 0.29) is 23.5 Å². The summed E-state index contributed by atoms with van der Waals surface area (Å²) in [5.41, 5.74) is 6.47. The van der Waals surface area contributed by atoms with Gasteiger partial charge in [-0.05, 0) is 24.3 Å². The summed E-state index contributed by atoms with van der Waals surface area (Å²) >= 11 is 0. The Kier molecular flexibility index (Phi) is 3.66. The lowest BCUT2D eigenvalue weighted by atomic mass is 10.1. The third-order valence-electron chi connectivity index (χ3n) is 2.69. The molecule has 19 heavy (non-hydrogen) atoms. The predicted molar refractivity (Wildman–Crippen MR) is 70.1 cm³/mol. The molecule has 0 aliphatic heterocycles. The quantitative estimate of drug-likeness (QED) is 0.739. The summed E-state index contributed by atoms with van der Waals surface area (Å²) < 4.78 is 13.1. The highest BCUT2D eigenvalue weighted by Crippen LogP contribution is 2.16. The molecule has 0 aliphatic rings. The van der Waals surface area contributed by atoms with Crippen molar-refractivity contribution < 1.29 is 14.3 Å². The van der Waals surface area contributed by atoms with E-state index >= 15 is 0 Å². The van der Waals surface area contributed by atoms with Crippen molar-refractivity contribution in [3.63, 3.8) is 0 Å². The normalized spacial score (nSPS) is 10.2. The van der Waals surface area contributed by atoms with Gasteiger partial charge in [-0.1, -0.05) is 18.2 Å². The van der Waals surface area contributed by atoms with E-state index in [9.17, 15) is 14.3 Å². The highest BCUT2D eigenvalue weighted by atomic mass is 19.1. The average Bonchev–Trinajstić information content (AvgIpc) is 2.40. The van der Waals surface area contributed by atoms with Crippen molar-refractivity contribution in [2.24, 2.45) is 0 Å². The summed E-state index contributed by atoms with van der Waals surface area (Å²) in [5.74, 6) is -0.919. The third-order valence-corrected chi connectivity index (χ3v) is 2.69. The van der Waals surface area contributed by atoms with Crippen LogP contribution in [0.3, 0.4) is 0 Å². The van der Waals surface area contributed by atoms with Crippen LogP contribution in [0.15, 0.2) is 42.5 Å². The van der Waals surface area contributed by atoms with Crippen LogP contribution < -0.4 is 11.1 Å².